The number of nitrogens with one attached hydrogen (secondary N) is 2. The van der Waals surface area contributed by atoms with Crippen molar-refractivity contribution >= 4 is 18.0 Å². The van der Waals surface area contributed by atoms with Crippen molar-refractivity contribution in [3.63, 3.8) is 0 Å². The number of carbonyl (C=O) groups excluding carboxylic acids is 3. The number of ether oxygens (including phenoxy) is 7. The molecule has 3 saturated heterocycles. The first-order chi connectivity index (χ1) is 22.3. The van der Waals surface area contributed by atoms with Gasteiger partial charge in [-0.15, -0.1) is 0 Å². The molecule has 2 aromatic rings. The molecule has 2 aromatic carbocycles. The fraction of sp³-hybridized carbons (Fsp3) is 0.571. The molecule has 0 unspecified atom stereocenters. The Labute approximate surface area is 275 Å². The lowest BCUT2D eigenvalue weighted by Crippen LogP contribution is -2.54. The Morgan fingerprint density at radius 1 is 0.830 bits per heavy atom. The third kappa shape index (κ3) is 9.29. The number of benzene rings is 2. The van der Waals surface area contributed by atoms with Gasteiger partial charge in [-0.3, -0.25) is 4.79 Å². The number of carbonyl (C=O) groups is 3. The van der Waals surface area contributed by atoms with E-state index in [1.807, 2.05) is 74.5 Å². The maximum absolute atomic E-state index is 13.9. The van der Waals surface area contributed by atoms with Gasteiger partial charge in [0.05, 0.1) is 6.61 Å². The lowest BCUT2D eigenvalue weighted by atomic mass is 10.0. The van der Waals surface area contributed by atoms with E-state index in [2.05, 4.69) is 10.6 Å². The Morgan fingerprint density at radius 2 is 1.49 bits per heavy atom. The highest BCUT2D eigenvalue weighted by Crippen LogP contribution is 2.42. The van der Waals surface area contributed by atoms with E-state index in [4.69, 9.17) is 33.2 Å². The van der Waals surface area contributed by atoms with Gasteiger partial charge in [-0.25, -0.2) is 9.59 Å². The highest BCUT2D eigenvalue weighted by molar-refractivity contribution is 5.90. The first kappa shape index (κ1) is 34.8. The highest BCUT2D eigenvalue weighted by atomic mass is 16.8. The number of rotatable bonds is 12. The molecule has 12 nitrogen and oxygen atoms in total. The molecule has 2 amide bonds. The first-order valence-electron chi connectivity index (χ1n) is 16.1. The summed E-state index contributed by atoms with van der Waals surface area (Å²) in [7, 11) is 0. The van der Waals surface area contributed by atoms with Gasteiger partial charge in [0, 0.05) is 6.42 Å². The zero-order valence-electron chi connectivity index (χ0n) is 27.8. The Bertz CT molecular complexity index is 1370. The number of alkyl carbamates (subject to hydrolysis) is 1. The van der Waals surface area contributed by atoms with Crippen LogP contribution >= 0.6 is 0 Å². The highest BCUT2D eigenvalue weighted by Gasteiger charge is 2.60. The molecular weight excluding hydrogens is 608 g/mol. The van der Waals surface area contributed by atoms with Crippen LogP contribution < -0.4 is 10.6 Å². The SMILES string of the molecule is CC(C)C[C@@H](NC(=O)[C@@H](Cc1ccccc1)NC(=O)OCc1ccccc1)C(=O)O[C@@H]1[C@H]2OC(C)(C)O[C@@H]2O[C@@H]1[C@H]1COC(C)(C)O1. The summed E-state index contributed by atoms with van der Waals surface area (Å²) >= 11 is 0. The van der Waals surface area contributed by atoms with Crippen molar-refractivity contribution in [3.8, 4) is 0 Å². The molecule has 0 aliphatic carbocycles. The molecule has 5 rings (SSSR count). The van der Waals surface area contributed by atoms with Crippen LogP contribution in [0.25, 0.3) is 0 Å². The van der Waals surface area contributed by atoms with Crippen LogP contribution in [0.2, 0.25) is 0 Å². The minimum atomic E-state index is -1.03. The number of amides is 2. The first-order valence-corrected chi connectivity index (χ1v) is 16.1. The van der Waals surface area contributed by atoms with Crippen LogP contribution in [0.5, 0.6) is 0 Å². The van der Waals surface area contributed by atoms with Crippen molar-refractivity contribution in [1.82, 2.24) is 10.6 Å². The van der Waals surface area contributed by atoms with Gasteiger partial charge in [0.1, 0.15) is 30.9 Å². The van der Waals surface area contributed by atoms with Crippen LogP contribution in [0.15, 0.2) is 60.7 Å². The third-order valence-corrected chi connectivity index (χ3v) is 8.09. The van der Waals surface area contributed by atoms with Gasteiger partial charge in [0.25, 0.3) is 0 Å². The lowest BCUT2D eigenvalue weighted by molar-refractivity contribution is -0.235. The number of hydrogen-bond donors (Lipinski definition) is 2. The standard InChI is InChI=1S/C35H46N2O10/c1-21(2)17-25(31(39)43-28-27(26-20-42-34(3,4)45-26)44-32-29(28)46-35(5,6)47-32)36-30(38)24(18-22-13-9-7-10-14-22)37-33(40)41-19-23-15-11-8-12-16-23/h7-16,21,24-29,32H,17-20H2,1-6H3,(H,36,38)(H,37,40)/t24-,25-,26-,27-,28+,29-,32+/m1/s1. The van der Waals surface area contributed by atoms with E-state index in [0.717, 1.165) is 11.1 Å². The number of fused-ring (bicyclic) bond motifs is 1. The van der Waals surface area contributed by atoms with Crippen LogP contribution in [0.1, 0.15) is 59.1 Å². The van der Waals surface area contributed by atoms with Gasteiger partial charge in [-0.2, -0.15) is 0 Å². The van der Waals surface area contributed by atoms with Gasteiger partial charge < -0.3 is 43.8 Å². The molecule has 47 heavy (non-hydrogen) atoms. The smallest absolute Gasteiger partial charge is 0.408 e. The van der Waals surface area contributed by atoms with Crippen LogP contribution in [-0.4, -0.2) is 78.9 Å². The normalized spacial score (nSPS) is 27.1. The number of esters is 1. The largest absolute Gasteiger partial charge is 0.455 e. The molecule has 0 saturated carbocycles. The Hall–Kier alpha value is -3.55. The summed E-state index contributed by atoms with van der Waals surface area (Å²) in [5.74, 6) is -2.99. The molecule has 3 fully saturated rings. The summed E-state index contributed by atoms with van der Waals surface area (Å²) in [6.07, 6.45) is -3.95. The van der Waals surface area contributed by atoms with Gasteiger partial charge in [0.15, 0.2) is 30.1 Å². The number of hydrogen-bond acceptors (Lipinski definition) is 10. The van der Waals surface area contributed by atoms with E-state index < -0.39 is 72.3 Å². The molecule has 0 aromatic heterocycles. The van der Waals surface area contributed by atoms with E-state index in [1.54, 1.807) is 27.7 Å². The molecule has 3 aliphatic rings. The fourth-order valence-electron chi connectivity index (χ4n) is 5.96. The average molecular weight is 655 g/mol. The minimum absolute atomic E-state index is 0.0185. The third-order valence-electron chi connectivity index (χ3n) is 8.09. The van der Waals surface area contributed by atoms with Crippen LogP contribution in [-0.2, 0) is 55.8 Å². The average Bonchev–Trinajstić information content (AvgIpc) is 3.64. The molecule has 2 N–H and O–H groups in total. The summed E-state index contributed by atoms with van der Waals surface area (Å²) in [5, 5.41) is 5.53. The van der Waals surface area contributed by atoms with E-state index in [9.17, 15) is 14.4 Å². The maximum Gasteiger partial charge on any atom is 0.408 e. The van der Waals surface area contributed by atoms with Crippen molar-refractivity contribution in [3.05, 3.63) is 71.8 Å². The molecule has 0 bridgehead atoms. The van der Waals surface area contributed by atoms with Crippen LogP contribution in [0.3, 0.4) is 0 Å². The second-order valence-electron chi connectivity index (χ2n) is 13.5. The monoisotopic (exact) mass is 654 g/mol. The molecular formula is C35H46N2O10. The van der Waals surface area contributed by atoms with Crippen molar-refractivity contribution in [2.75, 3.05) is 6.61 Å². The van der Waals surface area contributed by atoms with E-state index in [1.165, 1.54) is 0 Å². The minimum Gasteiger partial charge on any atom is -0.455 e. The van der Waals surface area contributed by atoms with E-state index >= 15 is 0 Å². The van der Waals surface area contributed by atoms with Gasteiger partial charge in [-0.05, 0) is 51.2 Å². The molecule has 0 radical (unpaired) electrons. The summed E-state index contributed by atoms with van der Waals surface area (Å²) in [6, 6.07) is 16.4. The fourth-order valence-corrected chi connectivity index (χ4v) is 5.96. The predicted octanol–water partition coefficient (Wildman–Crippen LogP) is 3.99. The summed E-state index contributed by atoms with van der Waals surface area (Å²) in [4.78, 5) is 40.6. The Morgan fingerprint density at radius 3 is 2.11 bits per heavy atom. The van der Waals surface area contributed by atoms with Gasteiger partial charge in [-0.1, -0.05) is 74.5 Å². The topological polar surface area (TPSA) is 140 Å². The van der Waals surface area contributed by atoms with Crippen molar-refractivity contribution in [1.29, 1.82) is 0 Å². The zero-order chi connectivity index (χ0) is 33.8. The van der Waals surface area contributed by atoms with E-state index in [-0.39, 0.29) is 32.0 Å². The second-order valence-corrected chi connectivity index (χ2v) is 13.5. The molecule has 256 valence electrons. The van der Waals surface area contributed by atoms with Crippen LogP contribution in [0.4, 0.5) is 4.79 Å². The maximum atomic E-state index is 13.9. The summed E-state index contributed by atoms with van der Waals surface area (Å²) in [6.45, 7) is 11.3. The predicted molar refractivity (Wildman–Crippen MR) is 169 cm³/mol. The Kier molecular flexibility index (Phi) is 10.9. The molecule has 3 aliphatic heterocycles. The second kappa shape index (κ2) is 14.7. The Balaban J connectivity index is 1.30. The molecule has 7 atom stereocenters. The molecule has 12 heteroatoms. The molecule has 0 spiro atoms. The lowest BCUT2D eigenvalue weighted by Gasteiger charge is -2.30. The van der Waals surface area contributed by atoms with Gasteiger partial charge in [0.2, 0.25) is 5.91 Å². The zero-order valence-corrected chi connectivity index (χ0v) is 27.8. The van der Waals surface area contributed by atoms with Crippen molar-refractivity contribution in [2.45, 2.75) is 115 Å². The van der Waals surface area contributed by atoms with Gasteiger partial charge >= 0.3 is 12.1 Å². The van der Waals surface area contributed by atoms with E-state index in [0.29, 0.717) is 0 Å². The summed E-state index contributed by atoms with van der Waals surface area (Å²) in [5.41, 5.74) is 1.62. The van der Waals surface area contributed by atoms with Crippen LogP contribution in [0, 0.1) is 5.92 Å². The van der Waals surface area contributed by atoms with Crippen molar-refractivity contribution < 1.29 is 47.5 Å². The quantitative estimate of drug-likeness (QED) is 0.323. The molecule has 3 heterocycles. The van der Waals surface area contributed by atoms with Crippen molar-refractivity contribution in [2.24, 2.45) is 5.92 Å². The summed E-state index contributed by atoms with van der Waals surface area (Å²) < 4.78 is 41.5.